The van der Waals surface area contributed by atoms with Crippen LogP contribution in [0.15, 0.2) is 23.6 Å². The SMILES string of the molecule is CC(Sc1nnc2ncccn12)C(N)=O. The number of nitrogens with two attached hydrogens (primary N) is 1. The maximum absolute atomic E-state index is 10.9. The van der Waals surface area contributed by atoms with E-state index in [-0.39, 0.29) is 11.2 Å². The zero-order valence-electron chi connectivity index (χ0n) is 7.99. The predicted molar refractivity (Wildman–Crippen MR) is 55.3 cm³/mol. The summed E-state index contributed by atoms with van der Waals surface area (Å²) < 4.78 is 1.71. The minimum atomic E-state index is -0.374. The van der Waals surface area contributed by atoms with E-state index in [1.54, 1.807) is 29.8 Å². The van der Waals surface area contributed by atoms with Crippen LogP contribution in [0.2, 0.25) is 0 Å². The average molecular weight is 223 g/mol. The van der Waals surface area contributed by atoms with Crippen molar-refractivity contribution in [3.8, 4) is 0 Å². The molecule has 0 radical (unpaired) electrons. The van der Waals surface area contributed by atoms with Gasteiger partial charge in [0.2, 0.25) is 5.91 Å². The highest BCUT2D eigenvalue weighted by molar-refractivity contribution is 8.00. The van der Waals surface area contributed by atoms with Crippen LogP contribution in [0.3, 0.4) is 0 Å². The van der Waals surface area contributed by atoms with E-state index < -0.39 is 0 Å². The summed E-state index contributed by atoms with van der Waals surface area (Å²) in [6, 6.07) is 1.77. The van der Waals surface area contributed by atoms with E-state index in [0.717, 1.165) is 0 Å². The molecule has 0 aliphatic heterocycles. The van der Waals surface area contributed by atoms with Gasteiger partial charge in [0.15, 0.2) is 5.16 Å². The van der Waals surface area contributed by atoms with Crippen molar-refractivity contribution in [3.05, 3.63) is 18.5 Å². The van der Waals surface area contributed by atoms with E-state index in [2.05, 4.69) is 15.2 Å². The lowest BCUT2D eigenvalue weighted by Crippen LogP contribution is -2.22. The van der Waals surface area contributed by atoms with Crippen molar-refractivity contribution in [2.45, 2.75) is 17.3 Å². The Hall–Kier alpha value is -1.63. The smallest absolute Gasteiger partial charge is 0.255 e. The second-order valence-corrected chi connectivity index (χ2v) is 4.24. The lowest BCUT2D eigenvalue weighted by Gasteiger charge is -2.03. The van der Waals surface area contributed by atoms with E-state index in [4.69, 9.17) is 5.73 Å². The molecule has 1 amide bonds. The van der Waals surface area contributed by atoms with Crippen molar-refractivity contribution in [3.63, 3.8) is 0 Å². The summed E-state index contributed by atoms with van der Waals surface area (Å²) in [5.41, 5.74) is 5.16. The highest BCUT2D eigenvalue weighted by Gasteiger charge is 2.14. The summed E-state index contributed by atoms with van der Waals surface area (Å²) >= 11 is 1.26. The van der Waals surface area contributed by atoms with Crippen LogP contribution >= 0.6 is 11.8 Å². The molecule has 0 aliphatic carbocycles. The predicted octanol–water partition coefficient (Wildman–Crippen LogP) is 0.0902. The van der Waals surface area contributed by atoms with Gasteiger partial charge in [-0.15, -0.1) is 10.2 Å². The van der Waals surface area contributed by atoms with Gasteiger partial charge in [0.1, 0.15) is 0 Å². The first-order chi connectivity index (χ1) is 7.18. The average Bonchev–Trinajstić information content (AvgIpc) is 2.62. The van der Waals surface area contributed by atoms with Crippen molar-refractivity contribution in [1.82, 2.24) is 19.6 Å². The Bertz CT molecular complexity index is 496. The number of amides is 1. The summed E-state index contributed by atoms with van der Waals surface area (Å²) in [5.74, 6) is 0.136. The van der Waals surface area contributed by atoms with Crippen LogP contribution < -0.4 is 5.73 Å². The molecule has 7 heteroatoms. The quantitative estimate of drug-likeness (QED) is 0.745. The Morgan fingerprint density at radius 1 is 1.60 bits per heavy atom. The topological polar surface area (TPSA) is 86.2 Å². The summed E-state index contributed by atoms with van der Waals surface area (Å²) in [6.45, 7) is 1.73. The molecule has 1 atom stereocenters. The third kappa shape index (κ3) is 1.91. The van der Waals surface area contributed by atoms with E-state index in [9.17, 15) is 4.79 Å². The van der Waals surface area contributed by atoms with Gasteiger partial charge in [-0.05, 0) is 13.0 Å². The third-order valence-electron chi connectivity index (χ3n) is 1.84. The van der Waals surface area contributed by atoms with Gasteiger partial charge in [-0.1, -0.05) is 11.8 Å². The van der Waals surface area contributed by atoms with E-state index >= 15 is 0 Å². The van der Waals surface area contributed by atoms with Gasteiger partial charge in [-0.2, -0.15) is 0 Å². The van der Waals surface area contributed by atoms with Gasteiger partial charge in [0.25, 0.3) is 5.78 Å². The number of hydrogen-bond acceptors (Lipinski definition) is 5. The lowest BCUT2D eigenvalue weighted by atomic mass is 10.5. The molecule has 0 saturated heterocycles. The molecular weight excluding hydrogens is 214 g/mol. The highest BCUT2D eigenvalue weighted by Crippen LogP contribution is 2.20. The molecule has 2 heterocycles. The van der Waals surface area contributed by atoms with E-state index in [1.165, 1.54) is 11.8 Å². The molecule has 0 bridgehead atoms. The Kier molecular flexibility index (Phi) is 2.55. The van der Waals surface area contributed by atoms with Crippen molar-refractivity contribution in [2.75, 3.05) is 0 Å². The van der Waals surface area contributed by atoms with Crippen LogP contribution in [0.25, 0.3) is 5.78 Å². The van der Waals surface area contributed by atoms with Crippen LogP contribution in [0.1, 0.15) is 6.92 Å². The Labute approximate surface area is 89.9 Å². The standard InChI is InChI=1S/C8H9N5OS/c1-5(6(9)14)15-8-12-11-7-10-3-2-4-13(7)8/h2-5H,1H3,(H2,9,14). The molecule has 78 valence electrons. The molecule has 2 aromatic rings. The fraction of sp³-hybridized carbons (Fsp3) is 0.250. The van der Waals surface area contributed by atoms with Crippen LogP contribution in [-0.2, 0) is 4.79 Å². The van der Waals surface area contributed by atoms with Gasteiger partial charge < -0.3 is 5.73 Å². The number of rotatable bonds is 3. The van der Waals surface area contributed by atoms with Gasteiger partial charge in [-0.3, -0.25) is 9.20 Å². The van der Waals surface area contributed by atoms with Crippen molar-refractivity contribution in [1.29, 1.82) is 0 Å². The van der Waals surface area contributed by atoms with Crippen molar-refractivity contribution < 1.29 is 4.79 Å². The molecule has 1 unspecified atom stereocenters. The molecule has 2 aromatic heterocycles. The number of aromatic nitrogens is 4. The van der Waals surface area contributed by atoms with E-state index in [0.29, 0.717) is 10.9 Å². The zero-order valence-corrected chi connectivity index (χ0v) is 8.81. The number of fused-ring (bicyclic) bond motifs is 1. The molecular formula is C8H9N5OS. The Morgan fingerprint density at radius 3 is 3.13 bits per heavy atom. The largest absolute Gasteiger partial charge is 0.369 e. The number of primary amides is 1. The number of carbonyl (C=O) groups excluding carboxylic acids is 1. The van der Waals surface area contributed by atoms with Crippen molar-refractivity contribution >= 4 is 23.4 Å². The van der Waals surface area contributed by atoms with E-state index in [1.807, 2.05) is 0 Å². The number of hydrogen-bond donors (Lipinski definition) is 1. The normalized spacial score (nSPS) is 12.9. The molecule has 2 N–H and O–H groups in total. The number of thioether (sulfide) groups is 1. The Morgan fingerprint density at radius 2 is 2.40 bits per heavy atom. The molecule has 0 saturated carbocycles. The second kappa shape index (κ2) is 3.85. The molecule has 6 nitrogen and oxygen atoms in total. The van der Waals surface area contributed by atoms with Gasteiger partial charge in [-0.25, -0.2) is 4.98 Å². The molecule has 0 fully saturated rings. The van der Waals surface area contributed by atoms with Crippen molar-refractivity contribution in [2.24, 2.45) is 5.73 Å². The van der Waals surface area contributed by atoms with Gasteiger partial charge in [0.05, 0.1) is 5.25 Å². The minimum Gasteiger partial charge on any atom is -0.369 e. The molecule has 0 spiro atoms. The first kappa shape index (κ1) is 9.91. The third-order valence-corrected chi connectivity index (χ3v) is 2.92. The fourth-order valence-corrected chi connectivity index (χ4v) is 1.80. The van der Waals surface area contributed by atoms with Crippen LogP contribution in [-0.4, -0.2) is 30.7 Å². The van der Waals surface area contributed by atoms with Crippen LogP contribution in [0.5, 0.6) is 0 Å². The molecule has 0 aromatic carbocycles. The summed E-state index contributed by atoms with van der Waals surface area (Å²) in [4.78, 5) is 14.9. The summed E-state index contributed by atoms with van der Waals surface area (Å²) in [7, 11) is 0. The Balaban J connectivity index is 2.32. The molecule has 2 rings (SSSR count). The number of carbonyl (C=O) groups is 1. The van der Waals surface area contributed by atoms with Gasteiger partial charge in [0, 0.05) is 12.4 Å². The summed E-state index contributed by atoms with van der Waals surface area (Å²) in [5, 5.41) is 8.06. The maximum atomic E-state index is 10.9. The zero-order chi connectivity index (χ0) is 10.8. The van der Waals surface area contributed by atoms with Gasteiger partial charge >= 0.3 is 0 Å². The molecule has 0 aliphatic rings. The lowest BCUT2D eigenvalue weighted by molar-refractivity contribution is -0.117. The van der Waals surface area contributed by atoms with Crippen LogP contribution in [0, 0.1) is 0 Å². The first-order valence-electron chi connectivity index (χ1n) is 4.30. The summed E-state index contributed by atoms with van der Waals surface area (Å²) in [6.07, 6.45) is 3.42. The highest BCUT2D eigenvalue weighted by atomic mass is 32.2. The second-order valence-electron chi connectivity index (χ2n) is 2.93. The molecule has 15 heavy (non-hydrogen) atoms. The maximum Gasteiger partial charge on any atom is 0.255 e. The number of nitrogens with zero attached hydrogens (tertiary/aromatic N) is 4. The minimum absolute atomic E-state index is 0.336. The van der Waals surface area contributed by atoms with Crippen LogP contribution in [0.4, 0.5) is 0 Å². The fourth-order valence-electron chi connectivity index (χ4n) is 1.02. The first-order valence-corrected chi connectivity index (χ1v) is 5.18. The monoisotopic (exact) mass is 223 g/mol.